The molecular formula is C14H11ClN2OS. The molecule has 3 rings (SSSR count). The Balaban J connectivity index is 1.76. The van der Waals surface area contributed by atoms with Crippen LogP contribution in [0.1, 0.15) is 4.88 Å². The van der Waals surface area contributed by atoms with E-state index in [0.29, 0.717) is 13.0 Å². The van der Waals surface area contributed by atoms with Crippen molar-refractivity contribution in [3.63, 3.8) is 0 Å². The lowest BCUT2D eigenvalue weighted by atomic mass is 10.2. The molecule has 0 aliphatic rings. The molecule has 0 spiro atoms. The Morgan fingerprint density at radius 2 is 2.11 bits per heavy atom. The van der Waals surface area contributed by atoms with Crippen LogP contribution in [0, 0.1) is 0 Å². The van der Waals surface area contributed by atoms with Crippen molar-refractivity contribution in [2.75, 3.05) is 0 Å². The van der Waals surface area contributed by atoms with Crippen molar-refractivity contribution in [3.05, 3.63) is 51.9 Å². The number of benzene rings is 1. The topological polar surface area (TPSA) is 34.9 Å². The van der Waals surface area contributed by atoms with Gasteiger partial charge in [-0.1, -0.05) is 23.7 Å². The maximum atomic E-state index is 12.0. The van der Waals surface area contributed by atoms with Gasteiger partial charge in [0.05, 0.1) is 28.2 Å². The number of halogens is 1. The average molecular weight is 291 g/mol. The molecule has 0 aliphatic heterocycles. The Kier molecular flexibility index (Phi) is 3.36. The molecule has 5 heteroatoms. The minimum absolute atomic E-state index is 0.154. The molecule has 0 saturated heterocycles. The van der Waals surface area contributed by atoms with Gasteiger partial charge in [0.15, 0.2) is 5.78 Å². The molecule has 2 aromatic heterocycles. The summed E-state index contributed by atoms with van der Waals surface area (Å²) in [5, 5.41) is 0. The van der Waals surface area contributed by atoms with Gasteiger partial charge in [0, 0.05) is 11.3 Å². The van der Waals surface area contributed by atoms with Crippen LogP contribution in [0.4, 0.5) is 0 Å². The number of thiophene rings is 1. The van der Waals surface area contributed by atoms with Crippen LogP contribution in [0.5, 0.6) is 0 Å². The number of carbonyl (C=O) groups is 1. The molecule has 2 heterocycles. The number of fused-ring (bicyclic) bond motifs is 1. The smallest absolute Gasteiger partial charge is 0.157 e. The average Bonchev–Trinajstić information content (AvgIpc) is 2.97. The summed E-state index contributed by atoms with van der Waals surface area (Å²) in [6, 6.07) is 11.5. The van der Waals surface area contributed by atoms with Crippen LogP contribution in [0.3, 0.4) is 0 Å². The summed E-state index contributed by atoms with van der Waals surface area (Å²) in [4.78, 5) is 17.3. The molecule has 0 N–H and O–H groups in total. The molecule has 1 aromatic carbocycles. The summed E-state index contributed by atoms with van der Waals surface area (Å²) in [5.41, 5.74) is 1.90. The monoisotopic (exact) mass is 290 g/mol. The molecule has 19 heavy (non-hydrogen) atoms. The van der Waals surface area contributed by atoms with E-state index >= 15 is 0 Å². The maximum Gasteiger partial charge on any atom is 0.157 e. The highest BCUT2D eigenvalue weighted by Gasteiger charge is 2.09. The quantitative estimate of drug-likeness (QED) is 0.736. The summed E-state index contributed by atoms with van der Waals surface area (Å²) in [7, 11) is 0. The van der Waals surface area contributed by atoms with Crippen LogP contribution in [-0.2, 0) is 17.8 Å². The minimum Gasteiger partial charge on any atom is -0.323 e. The lowest BCUT2D eigenvalue weighted by Gasteiger charge is -2.02. The van der Waals surface area contributed by atoms with E-state index in [9.17, 15) is 4.79 Å². The van der Waals surface area contributed by atoms with Gasteiger partial charge in [0.1, 0.15) is 0 Å². The summed E-state index contributed by atoms with van der Waals surface area (Å²) < 4.78 is 2.60. The SMILES string of the molecule is O=C(Cc1ccc(Cl)s1)Cn1cnc2ccccc21. The van der Waals surface area contributed by atoms with E-state index in [2.05, 4.69) is 4.98 Å². The fourth-order valence-electron chi connectivity index (χ4n) is 2.02. The second kappa shape index (κ2) is 5.15. The van der Waals surface area contributed by atoms with E-state index in [1.807, 2.05) is 41.0 Å². The Labute approximate surface area is 119 Å². The number of rotatable bonds is 4. The molecule has 0 unspecified atom stereocenters. The van der Waals surface area contributed by atoms with Crippen molar-refractivity contribution in [1.29, 1.82) is 0 Å². The summed E-state index contributed by atoms with van der Waals surface area (Å²) >= 11 is 7.31. The van der Waals surface area contributed by atoms with Crippen molar-refractivity contribution in [3.8, 4) is 0 Å². The fraction of sp³-hybridized carbons (Fsp3) is 0.143. The van der Waals surface area contributed by atoms with Gasteiger partial charge in [-0.3, -0.25) is 4.79 Å². The Hall–Kier alpha value is -1.65. The molecule has 0 fully saturated rings. The van der Waals surface area contributed by atoms with Gasteiger partial charge in [-0.25, -0.2) is 4.98 Å². The Bertz CT molecular complexity index is 732. The number of aromatic nitrogens is 2. The van der Waals surface area contributed by atoms with E-state index in [-0.39, 0.29) is 5.78 Å². The number of carbonyl (C=O) groups excluding carboxylic acids is 1. The highest BCUT2D eigenvalue weighted by Crippen LogP contribution is 2.22. The van der Waals surface area contributed by atoms with Gasteiger partial charge < -0.3 is 4.57 Å². The van der Waals surface area contributed by atoms with E-state index in [4.69, 9.17) is 11.6 Å². The summed E-state index contributed by atoms with van der Waals surface area (Å²) in [5.74, 6) is 0.154. The zero-order chi connectivity index (χ0) is 13.2. The summed E-state index contributed by atoms with van der Waals surface area (Å²) in [6.07, 6.45) is 2.13. The lowest BCUT2D eigenvalue weighted by Crippen LogP contribution is -2.11. The van der Waals surface area contributed by atoms with Crippen LogP contribution in [0.2, 0.25) is 4.34 Å². The van der Waals surface area contributed by atoms with Crippen molar-refractivity contribution < 1.29 is 4.79 Å². The second-order valence-electron chi connectivity index (χ2n) is 4.28. The van der Waals surface area contributed by atoms with Crippen molar-refractivity contribution in [2.24, 2.45) is 0 Å². The first kappa shape index (κ1) is 12.4. The highest BCUT2D eigenvalue weighted by atomic mass is 35.5. The molecular weight excluding hydrogens is 280 g/mol. The van der Waals surface area contributed by atoms with Gasteiger partial charge in [-0.2, -0.15) is 0 Å². The zero-order valence-corrected chi connectivity index (χ0v) is 11.6. The van der Waals surface area contributed by atoms with E-state index in [1.165, 1.54) is 11.3 Å². The third-order valence-corrected chi connectivity index (χ3v) is 4.11. The van der Waals surface area contributed by atoms with Gasteiger partial charge in [0.2, 0.25) is 0 Å². The fourth-order valence-corrected chi connectivity index (χ4v) is 3.14. The molecule has 0 aliphatic carbocycles. The highest BCUT2D eigenvalue weighted by molar-refractivity contribution is 7.16. The maximum absolute atomic E-state index is 12.0. The number of para-hydroxylation sites is 2. The van der Waals surface area contributed by atoms with E-state index < -0.39 is 0 Å². The number of nitrogens with zero attached hydrogens (tertiary/aromatic N) is 2. The third kappa shape index (κ3) is 2.69. The largest absolute Gasteiger partial charge is 0.323 e. The zero-order valence-electron chi connectivity index (χ0n) is 10.0. The van der Waals surface area contributed by atoms with Crippen LogP contribution in [-0.4, -0.2) is 15.3 Å². The van der Waals surface area contributed by atoms with Crippen LogP contribution < -0.4 is 0 Å². The Morgan fingerprint density at radius 1 is 1.26 bits per heavy atom. The molecule has 96 valence electrons. The van der Waals surface area contributed by atoms with Crippen LogP contribution in [0.25, 0.3) is 11.0 Å². The minimum atomic E-state index is 0.154. The van der Waals surface area contributed by atoms with Gasteiger partial charge in [-0.05, 0) is 24.3 Å². The van der Waals surface area contributed by atoms with E-state index in [0.717, 1.165) is 20.2 Å². The number of Topliss-reactive ketones (excluding diaryl/α,β-unsaturated/α-hetero) is 1. The first-order chi connectivity index (χ1) is 9.22. The predicted molar refractivity (Wildman–Crippen MR) is 77.8 cm³/mol. The van der Waals surface area contributed by atoms with E-state index in [1.54, 1.807) is 6.33 Å². The van der Waals surface area contributed by atoms with Crippen LogP contribution >= 0.6 is 22.9 Å². The molecule has 0 saturated carbocycles. The molecule has 0 radical (unpaired) electrons. The van der Waals surface area contributed by atoms with Crippen molar-refractivity contribution >= 4 is 39.8 Å². The first-order valence-corrected chi connectivity index (χ1v) is 7.07. The molecule has 3 nitrogen and oxygen atoms in total. The standard InChI is InChI=1S/C14H11ClN2OS/c15-14-6-5-11(19-14)7-10(18)8-17-9-16-12-3-1-2-4-13(12)17/h1-6,9H,7-8H2. The number of hydrogen-bond donors (Lipinski definition) is 0. The summed E-state index contributed by atoms with van der Waals surface area (Å²) in [6.45, 7) is 0.343. The van der Waals surface area contributed by atoms with Gasteiger partial charge >= 0.3 is 0 Å². The Morgan fingerprint density at radius 3 is 2.89 bits per heavy atom. The first-order valence-electron chi connectivity index (χ1n) is 5.88. The predicted octanol–water partition coefficient (Wildman–Crippen LogP) is 3.56. The van der Waals surface area contributed by atoms with Gasteiger partial charge in [0.25, 0.3) is 0 Å². The van der Waals surface area contributed by atoms with Gasteiger partial charge in [-0.15, -0.1) is 11.3 Å². The lowest BCUT2D eigenvalue weighted by molar-refractivity contribution is -0.118. The number of ketones is 1. The third-order valence-electron chi connectivity index (χ3n) is 2.87. The number of hydrogen-bond acceptors (Lipinski definition) is 3. The van der Waals surface area contributed by atoms with Crippen molar-refractivity contribution in [2.45, 2.75) is 13.0 Å². The molecule has 0 bridgehead atoms. The normalized spacial score (nSPS) is 11.0. The second-order valence-corrected chi connectivity index (χ2v) is 6.08. The molecule has 0 atom stereocenters. The number of imidazole rings is 1. The van der Waals surface area contributed by atoms with Crippen molar-refractivity contribution in [1.82, 2.24) is 9.55 Å². The van der Waals surface area contributed by atoms with Crippen LogP contribution in [0.15, 0.2) is 42.7 Å². The molecule has 3 aromatic rings. The molecule has 0 amide bonds.